The van der Waals surface area contributed by atoms with Crippen molar-refractivity contribution in [2.45, 2.75) is 13.5 Å². The Morgan fingerprint density at radius 2 is 2.11 bits per heavy atom. The van der Waals surface area contributed by atoms with Gasteiger partial charge >= 0.3 is 11.9 Å². The third kappa shape index (κ3) is 2.07. The lowest BCUT2D eigenvalue weighted by Gasteiger charge is -2.07. The molecule has 2 rings (SSSR count). The quantitative estimate of drug-likeness (QED) is 0.840. The molecule has 0 aliphatic heterocycles. The molecule has 1 aromatic heterocycles. The molecule has 0 saturated heterocycles. The van der Waals surface area contributed by atoms with Gasteiger partial charge < -0.3 is 14.4 Å². The Hall–Kier alpha value is -2.30. The Bertz CT molecular complexity index is 627. The van der Waals surface area contributed by atoms with Gasteiger partial charge in [-0.2, -0.15) is 0 Å². The van der Waals surface area contributed by atoms with Crippen LogP contribution in [0.3, 0.4) is 0 Å². The van der Waals surface area contributed by atoms with Crippen LogP contribution in [0, 0.1) is 6.92 Å². The number of rotatable bonds is 3. The maximum atomic E-state index is 11.3. The van der Waals surface area contributed by atoms with Crippen LogP contribution >= 0.6 is 0 Å². The molecule has 5 heteroatoms. The lowest BCUT2D eigenvalue weighted by molar-refractivity contribution is -0.141. The molecule has 0 bridgehead atoms. The molecule has 1 heterocycles. The summed E-state index contributed by atoms with van der Waals surface area (Å²) >= 11 is 0. The zero-order valence-corrected chi connectivity index (χ0v) is 10.1. The molecular weight excluding hydrogens is 234 g/mol. The predicted octanol–water partition coefficient (Wildman–Crippen LogP) is 1.82. The summed E-state index contributed by atoms with van der Waals surface area (Å²) in [5, 5.41) is 10.0. The van der Waals surface area contributed by atoms with Crippen molar-refractivity contribution in [3.8, 4) is 0 Å². The van der Waals surface area contributed by atoms with E-state index in [2.05, 4.69) is 4.74 Å². The molecule has 0 unspecified atom stereocenters. The van der Waals surface area contributed by atoms with Gasteiger partial charge in [-0.25, -0.2) is 4.79 Å². The van der Waals surface area contributed by atoms with Crippen LogP contribution in [0.15, 0.2) is 24.4 Å². The van der Waals surface area contributed by atoms with Gasteiger partial charge in [-0.15, -0.1) is 0 Å². The second kappa shape index (κ2) is 4.52. The van der Waals surface area contributed by atoms with Crippen molar-refractivity contribution in [1.82, 2.24) is 4.57 Å². The fraction of sp³-hybridized carbons (Fsp3) is 0.231. The van der Waals surface area contributed by atoms with Gasteiger partial charge in [0.1, 0.15) is 6.54 Å². The highest BCUT2D eigenvalue weighted by atomic mass is 16.5. The molecule has 0 amide bonds. The Morgan fingerprint density at radius 1 is 1.39 bits per heavy atom. The molecule has 5 nitrogen and oxygen atoms in total. The average Bonchev–Trinajstić information content (AvgIpc) is 2.70. The number of carboxylic acids is 1. The first-order chi connectivity index (χ1) is 8.52. The van der Waals surface area contributed by atoms with Gasteiger partial charge in [-0.1, -0.05) is 0 Å². The maximum absolute atomic E-state index is 11.3. The number of carbonyl (C=O) groups is 2. The van der Waals surface area contributed by atoms with Crippen LogP contribution < -0.4 is 0 Å². The summed E-state index contributed by atoms with van der Waals surface area (Å²) in [6.07, 6.45) is 1.69. The Labute approximate surface area is 104 Å². The minimum atomic E-state index is -1.01. The van der Waals surface area contributed by atoms with E-state index in [-0.39, 0.29) is 12.1 Å². The van der Waals surface area contributed by atoms with E-state index in [9.17, 15) is 14.7 Å². The van der Waals surface area contributed by atoms with Gasteiger partial charge in [0.25, 0.3) is 0 Å². The number of nitrogens with zero attached hydrogens (tertiary/aromatic N) is 1. The minimum absolute atomic E-state index is 0.00331. The zero-order valence-electron chi connectivity index (χ0n) is 10.1. The van der Waals surface area contributed by atoms with E-state index in [4.69, 9.17) is 0 Å². The van der Waals surface area contributed by atoms with E-state index in [1.165, 1.54) is 7.11 Å². The average molecular weight is 247 g/mol. The number of aromatic nitrogens is 1. The SMILES string of the molecule is COC(=O)Cn1ccc2cc(C)cc(C(=O)O)c21. The number of methoxy groups -OCH3 is 1. The van der Waals surface area contributed by atoms with Gasteiger partial charge in [0, 0.05) is 11.6 Å². The van der Waals surface area contributed by atoms with E-state index in [1.54, 1.807) is 22.9 Å². The normalized spacial score (nSPS) is 10.6. The van der Waals surface area contributed by atoms with Crippen molar-refractivity contribution in [2.75, 3.05) is 7.11 Å². The van der Waals surface area contributed by atoms with Crippen molar-refractivity contribution < 1.29 is 19.4 Å². The summed E-state index contributed by atoms with van der Waals surface area (Å²) in [6.45, 7) is 1.84. The highest BCUT2D eigenvalue weighted by molar-refractivity contribution is 6.03. The highest BCUT2D eigenvalue weighted by Crippen LogP contribution is 2.22. The fourth-order valence-corrected chi connectivity index (χ4v) is 2.00. The van der Waals surface area contributed by atoms with Gasteiger partial charge in [-0.3, -0.25) is 4.79 Å². The van der Waals surface area contributed by atoms with Crippen molar-refractivity contribution in [3.63, 3.8) is 0 Å². The topological polar surface area (TPSA) is 68.5 Å². The van der Waals surface area contributed by atoms with Crippen molar-refractivity contribution in [2.24, 2.45) is 0 Å². The van der Waals surface area contributed by atoms with Crippen molar-refractivity contribution in [1.29, 1.82) is 0 Å². The fourth-order valence-electron chi connectivity index (χ4n) is 2.00. The summed E-state index contributed by atoms with van der Waals surface area (Å²) in [5.41, 5.74) is 1.60. The molecule has 0 radical (unpaired) electrons. The first-order valence-corrected chi connectivity index (χ1v) is 5.42. The van der Waals surface area contributed by atoms with Crippen molar-refractivity contribution in [3.05, 3.63) is 35.5 Å². The van der Waals surface area contributed by atoms with Crippen LogP contribution in [0.25, 0.3) is 10.9 Å². The van der Waals surface area contributed by atoms with Gasteiger partial charge in [0.2, 0.25) is 0 Å². The molecule has 1 N–H and O–H groups in total. The number of aryl methyl sites for hydroxylation is 1. The Balaban J connectivity index is 2.63. The lowest BCUT2D eigenvalue weighted by atomic mass is 10.1. The Kier molecular flexibility index (Phi) is 3.06. The van der Waals surface area contributed by atoms with Crippen LogP contribution in [0.5, 0.6) is 0 Å². The predicted molar refractivity (Wildman–Crippen MR) is 65.7 cm³/mol. The van der Waals surface area contributed by atoms with Gasteiger partial charge in [0.05, 0.1) is 18.2 Å². The Morgan fingerprint density at radius 3 is 2.72 bits per heavy atom. The molecule has 0 spiro atoms. The molecule has 0 aliphatic rings. The number of benzene rings is 1. The monoisotopic (exact) mass is 247 g/mol. The standard InChI is InChI=1S/C13H13NO4/c1-8-5-9-3-4-14(7-11(15)18-2)12(9)10(6-8)13(16)17/h3-6H,7H2,1-2H3,(H,16,17). The molecule has 0 atom stereocenters. The second-order valence-electron chi connectivity index (χ2n) is 4.08. The third-order valence-electron chi connectivity index (χ3n) is 2.76. The molecular formula is C13H13NO4. The van der Waals surface area contributed by atoms with Crippen LogP contribution in [0.2, 0.25) is 0 Å². The largest absolute Gasteiger partial charge is 0.478 e. The van der Waals surface area contributed by atoms with Gasteiger partial charge in [0.15, 0.2) is 0 Å². The summed E-state index contributed by atoms with van der Waals surface area (Å²) in [4.78, 5) is 22.5. The first kappa shape index (κ1) is 12.2. The number of aromatic carboxylic acids is 1. The number of fused-ring (bicyclic) bond motifs is 1. The number of ether oxygens (including phenoxy) is 1. The number of esters is 1. The molecule has 94 valence electrons. The molecule has 18 heavy (non-hydrogen) atoms. The van der Waals surface area contributed by atoms with E-state index in [0.29, 0.717) is 5.52 Å². The first-order valence-electron chi connectivity index (χ1n) is 5.42. The second-order valence-corrected chi connectivity index (χ2v) is 4.08. The lowest BCUT2D eigenvalue weighted by Crippen LogP contribution is -2.12. The van der Waals surface area contributed by atoms with Crippen molar-refractivity contribution >= 4 is 22.8 Å². The van der Waals surface area contributed by atoms with E-state index in [1.807, 2.05) is 13.0 Å². The number of hydrogen-bond acceptors (Lipinski definition) is 3. The highest BCUT2D eigenvalue weighted by Gasteiger charge is 2.15. The number of carboxylic acid groups (broad SMARTS) is 1. The number of carbonyl (C=O) groups excluding carboxylic acids is 1. The smallest absolute Gasteiger partial charge is 0.337 e. The molecule has 1 aromatic carbocycles. The summed E-state index contributed by atoms with van der Waals surface area (Å²) < 4.78 is 6.18. The molecule has 0 fully saturated rings. The maximum Gasteiger partial charge on any atom is 0.337 e. The molecule has 0 aliphatic carbocycles. The summed E-state index contributed by atoms with van der Waals surface area (Å²) in [5.74, 6) is -1.42. The summed E-state index contributed by atoms with van der Waals surface area (Å²) in [6, 6.07) is 5.27. The van der Waals surface area contributed by atoms with Crippen LogP contribution in [-0.4, -0.2) is 28.7 Å². The number of hydrogen-bond donors (Lipinski definition) is 1. The van der Waals surface area contributed by atoms with E-state index >= 15 is 0 Å². The molecule has 0 saturated carbocycles. The summed E-state index contributed by atoms with van der Waals surface area (Å²) in [7, 11) is 1.30. The van der Waals surface area contributed by atoms with Crippen LogP contribution in [-0.2, 0) is 16.1 Å². The van der Waals surface area contributed by atoms with E-state index in [0.717, 1.165) is 10.9 Å². The van der Waals surface area contributed by atoms with Gasteiger partial charge in [-0.05, 0) is 30.7 Å². The minimum Gasteiger partial charge on any atom is -0.478 e. The van der Waals surface area contributed by atoms with E-state index < -0.39 is 11.9 Å². The zero-order chi connectivity index (χ0) is 13.3. The van der Waals surface area contributed by atoms with Crippen LogP contribution in [0.1, 0.15) is 15.9 Å². The molecule has 2 aromatic rings. The third-order valence-corrected chi connectivity index (χ3v) is 2.76. The van der Waals surface area contributed by atoms with Crippen LogP contribution in [0.4, 0.5) is 0 Å².